The Balaban J connectivity index is 1.41. The van der Waals surface area contributed by atoms with Crippen LogP contribution in [-0.4, -0.2) is 54.6 Å². The van der Waals surface area contributed by atoms with Crippen LogP contribution in [0, 0.1) is 5.92 Å². The Morgan fingerprint density at radius 2 is 2.22 bits per heavy atom. The number of rotatable bonds is 3. The van der Waals surface area contributed by atoms with Crippen molar-refractivity contribution in [2.75, 3.05) is 32.8 Å². The summed E-state index contributed by atoms with van der Waals surface area (Å²) in [4.78, 5) is 18.2. The van der Waals surface area contributed by atoms with Gasteiger partial charge in [0.15, 0.2) is 5.76 Å². The summed E-state index contributed by atoms with van der Waals surface area (Å²) in [5.41, 5.74) is 0. The van der Waals surface area contributed by atoms with Crippen LogP contribution in [0.15, 0.2) is 40.3 Å². The first-order valence-corrected chi connectivity index (χ1v) is 8.86. The van der Waals surface area contributed by atoms with Gasteiger partial charge in [-0.1, -0.05) is 6.07 Å². The fourth-order valence-corrected chi connectivity index (χ4v) is 4.22. The quantitative estimate of drug-likeness (QED) is 0.865. The largest absolute Gasteiger partial charge is 0.459 e. The maximum Gasteiger partial charge on any atom is 0.289 e. The summed E-state index contributed by atoms with van der Waals surface area (Å²) in [6, 6.07) is 7.74. The Labute approximate surface area is 139 Å². The molecule has 0 aliphatic carbocycles. The lowest BCUT2D eigenvalue weighted by molar-refractivity contribution is 0.0499. The third-order valence-electron chi connectivity index (χ3n) is 4.58. The van der Waals surface area contributed by atoms with Crippen LogP contribution in [0.5, 0.6) is 0 Å². The van der Waals surface area contributed by atoms with E-state index in [9.17, 15) is 4.79 Å². The van der Waals surface area contributed by atoms with Crippen LogP contribution in [0.3, 0.4) is 0 Å². The Morgan fingerprint density at radius 1 is 1.26 bits per heavy atom. The number of nitrogens with zero attached hydrogens (tertiary/aromatic N) is 2. The zero-order valence-electron chi connectivity index (χ0n) is 12.9. The first kappa shape index (κ1) is 14.9. The van der Waals surface area contributed by atoms with Crippen molar-refractivity contribution in [3.8, 4) is 0 Å². The van der Waals surface area contributed by atoms with Crippen molar-refractivity contribution in [3.63, 3.8) is 0 Å². The Bertz CT molecular complexity index is 641. The highest BCUT2D eigenvalue weighted by atomic mass is 32.1. The standard InChI is InChI=1S/C17H20N2O3S/c20-17(15-4-1-6-21-15)19-5-7-22-16-12-18(9-13(16)10-19)11-14-3-2-8-23-14/h1-4,6,8,13,16H,5,7,9-12H2/t13-,16-/m0/s1. The fourth-order valence-electron chi connectivity index (χ4n) is 3.47. The van der Waals surface area contributed by atoms with E-state index in [-0.39, 0.29) is 12.0 Å². The highest BCUT2D eigenvalue weighted by Crippen LogP contribution is 2.26. The van der Waals surface area contributed by atoms with Crippen LogP contribution in [0.2, 0.25) is 0 Å². The Hall–Kier alpha value is -1.63. The SMILES string of the molecule is O=C(c1ccco1)N1CCO[C@H]2CN(Cc3cccs3)C[C@H]2C1. The van der Waals surface area contributed by atoms with Crippen molar-refractivity contribution in [1.29, 1.82) is 0 Å². The van der Waals surface area contributed by atoms with Gasteiger partial charge >= 0.3 is 0 Å². The fraction of sp³-hybridized carbons (Fsp3) is 0.471. The number of carbonyl (C=O) groups is 1. The highest BCUT2D eigenvalue weighted by Gasteiger charge is 2.38. The van der Waals surface area contributed by atoms with Crippen molar-refractivity contribution >= 4 is 17.2 Å². The molecule has 122 valence electrons. The summed E-state index contributed by atoms with van der Waals surface area (Å²) in [7, 11) is 0. The van der Waals surface area contributed by atoms with Gasteiger partial charge < -0.3 is 14.1 Å². The number of hydrogen-bond acceptors (Lipinski definition) is 5. The van der Waals surface area contributed by atoms with Crippen LogP contribution in [-0.2, 0) is 11.3 Å². The van der Waals surface area contributed by atoms with Crippen molar-refractivity contribution in [1.82, 2.24) is 9.80 Å². The number of thiophene rings is 1. The summed E-state index contributed by atoms with van der Waals surface area (Å²) in [5, 5.41) is 2.11. The van der Waals surface area contributed by atoms with Gasteiger partial charge in [0.05, 0.1) is 19.0 Å². The van der Waals surface area contributed by atoms with E-state index in [2.05, 4.69) is 22.4 Å². The molecular weight excluding hydrogens is 312 g/mol. The minimum absolute atomic E-state index is 0.0315. The number of likely N-dealkylation sites (tertiary alicyclic amines) is 1. The smallest absolute Gasteiger partial charge is 0.289 e. The molecule has 4 rings (SSSR count). The summed E-state index contributed by atoms with van der Waals surface area (Å²) in [5.74, 6) is 0.754. The monoisotopic (exact) mass is 332 g/mol. The minimum Gasteiger partial charge on any atom is -0.459 e. The summed E-state index contributed by atoms with van der Waals surface area (Å²) >= 11 is 1.79. The maximum atomic E-state index is 12.5. The molecule has 0 spiro atoms. The number of carbonyl (C=O) groups excluding carboxylic acids is 1. The molecule has 2 atom stereocenters. The van der Waals surface area contributed by atoms with Crippen LogP contribution in [0.25, 0.3) is 0 Å². The molecule has 2 fully saturated rings. The van der Waals surface area contributed by atoms with Gasteiger partial charge in [0.25, 0.3) is 5.91 Å². The van der Waals surface area contributed by atoms with E-state index in [1.807, 2.05) is 4.90 Å². The van der Waals surface area contributed by atoms with Crippen molar-refractivity contribution in [2.45, 2.75) is 12.6 Å². The van der Waals surface area contributed by atoms with E-state index in [1.54, 1.807) is 29.7 Å². The van der Waals surface area contributed by atoms with E-state index in [4.69, 9.17) is 9.15 Å². The van der Waals surface area contributed by atoms with Crippen molar-refractivity contribution in [3.05, 3.63) is 46.5 Å². The molecule has 2 aromatic rings. The van der Waals surface area contributed by atoms with Gasteiger partial charge in [-0.25, -0.2) is 0 Å². The van der Waals surface area contributed by atoms with Gasteiger partial charge in [0.2, 0.25) is 0 Å². The zero-order valence-corrected chi connectivity index (χ0v) is 13.7. The van der Waals surface area contributed by atoms with Gasteiger partial charge in [-0.3, -0.25) is 9.69 Å². The molecule has 2 aliphatic heterocycles. The topological polar surface area (TPSA) is 45.9 Å². The molecule has 23 heavy (non-hydrogen) atoms. The van der Waals surface area contributed by atoms with Gasteiger partial charge in [0, 0.05) is 43.5 Å². The van der Waals surface area contributed by atoms with E-state index >= 15 is 0 Å². The Kier molecular flexibility index (Phi) is 4.20. The zero-order chi connectivity index (χ0) is 15.6. The number of fused-ring (bicyclic) bond motifs is 1. The Morgan fingerprint density at radius 3 is 3.00 bits per heavy atom. The number of ether oxygens (including phenoxy) is 1. The second-order valence-electron chi connectivity index (χ2n) is 6.17. The van der Waals surface area contributed by atoms with Crippen LogP contribution < -0.4 is 0 Å². The van der Waals surface area contributed by atoms with E-state index in [0.717, 1.165) is 26.2 Å². The summed E-state index contributed by atoms with van der Waals surface area (Å²) < 4.78 is 11.3. The third kappa shape index (κ3) is 3.20. The third-order valence-corrected chi connectivity index (χ3v) is 5.44. The molecule has 0 saturated carbocycles. The van der Waals surface area contributed by atoms with Crippen molar-refractivity contribution < 1.29 is 13.9 Å². The molecule has 1 amide bonds. The van der Waals surface area contributed by atoms with Gasteiger partial charge in [0.1, 0.15) is 0 Å². The van der Waals surface area contributed by atoms with Crippen LogP contribution in [0.4, 0.5) is 0 Å². The van der Waals surface area contributed by atoms with Crippen LogP contribution >= 0.6 is 11.3 Å². The predicted molar refractivity (Wildman–Crippen MR) is 87.4 cm³/mol. The number of hydrogen-bond donors (Lipinski definition) is 0. The van der Waals surface area contributed by atoms with E-state index in [0.29, 0.717) is 24.8 Å². The molecule has 5 nitrogen and oxygen atoms in total. The molecule has 2 aliphatic rings. The second-order valence-corrected chi connectivity index (χ2v) is 7.20. The first-order chi connectivity index (χ1) is 11.3. The average Bonchev–Trinajstić information content (AvgIpc) is 3.28. The highest BCUT2D eigenvalue weighted by molar-refractivity contribution is 7.09. The molecule has 2 saturated heterocycles. The summed E-state index contributed by atoms with van der Waals surface area (Å²) in [6.45, 7) is 4.87. The lowest BCUT2D eigenvalue weighted by Crippen LogP contribution is -2.37. The molecule has 0 aromatic carbocycles. The minimum atomic E-state index is -0.0315. The molecule has 6 heteroatoms. The van der Waals surface area contributed by atoms with Gasteiger partial charge in [-0.2, -0.15) is 0 Å². The molecule has 4 heterocycles. The molecular formula is C17H20N2O3S. The molecule has 0 radical (unpaired) electrons. The molecule has 0 bridgehead atoms. The predicted octanol–water partition coefficient (Wildman–Crippen LogP) is 2.31. The average molecular weight is 332 g/mol. The molecule has 0 unspecified atom stereocenters. The van der Waals surface area contributed by atoms with E-state index in [1.165, 1.54) is 4.88 Å². The lowest BCUT2D eigenvalue weighted by atomic mass is 10.1. The van der Waals surface area contributed by atoms with E-state index < -0.39 is 0 Å². The van der Waals surface area contributed by atoms with Gasteiger partial charge in [-0.05, 0) is 23.6 Å². The van der Waals surface area contributed by atoms with Crippen molar-refractivity contribution in [2.24, 2.45) is 5.92 Å². The second kappa shape index (κ2) is 6.47. The number of furan rings is 1. The molecule has 2 aromatic heterocycles. The maximum absolute atomic E-state index is 12.5. The normalized spacial score (nSPS) is 25.3. The van der Waals surface area contributed by atoms with Gasteiger partial charge in [-0.15, -0.1) is 11.3 Å². The first-order valence-electron chi connectivity index (χ1n) is 7.99. The lowest BCUT2D eigenvalue weighted by Gasteiger charge is -2.22. The molecule has 0 N–H and O–H groups in total. The number of amides is 1. The van der Waals surface area contributed by atoms with Crippen LogP contribution in [0.1, 0.15) is 15.4 Å². The summed E-state index contributed by atoms with van der Waals surface area (Å²) in [6.07, 6.45) is 1.77.